The quantitative estimate of drug-likeness (QED) is 0.615. The molecule has 8 heteroatoms. The number of carbonyl (C=O) groups excluding carboxylic acids is 2. The Hall–Kier alpha value is -3.23. The molecule has 160 valence electrons. The number of benzene rings is 2. The highest BCUT2D eigenvalue weighted by Crippen LogP contribution is 2.34. The average molecular weight is 420 g/mol. The van der Waals surface area contributed by atoms with Crippen molar-refractivity contribution in [1.82, 2.24) is 19.8 Å². The van der Waals surface area contributed by atoms with E-state index in [1.165, 1.54) is 4.90 Å². The van der Waals surface area contributed by atoms with Gasteiger partial charge in [-0.05, 0) is 57.2 Å². The van der Waals surface area contributed by atoms with Crippen molar-refractivity contribution >= 4 is 22.8 Å². The molecule has 0 atom stereocenters. The molecule has 0 bridgehead atoms. The Labute approximate surface area is 179 Å². The minimum atomic E-state index is -0.229. The molecule has 2 N–H and O–H groups in total. The monoisotopic (exact) mass is 420 g/mol. The molecule has 0 unspecified atom stereocenters. The van der Waals surface area contributed by atoms with Crippen molar-refractivity contribution in [3.8, 4) is 17.1 Å². The van der Waals surface area contributed by atoms with Crippen molar-refractivity contribution in [2.75, 3.05) is 33.4 Å². The van der Waals surface area contributed by atoms with Gasteiger partial charge in [0.15, 0.2) is 0 Å². The highest BCUT2D eigenvalue weighted by atomic mass is 16.5. The van der Waals surface area contributed by atoms with Gasteiger partial charge in [0.1, 0.15) is 18.2 Å². The Bertz CT molecular complexity index is 1110. The molecule has 3 aromatic rings. The molecule has 5 rings (SSSR count). The van der Waals surface area contributed by atoms with Gasteiger partial charge in [-0.15, -0.1) is 0 Å². The number of piperidine rings is 1. The number of amides is 2. The first kappa shape index (κ1) is 19.7. The van der Waals surface area contributed by atoms with Gasteiger partial charge in [-0.25, -0.2) is 4.98 Å². The summed E-state index contributed by atoms with van der Waals surface area (Å²) in [6, 6.07) is 10.8. The number of aliphatic hydroxyl groups is 1. The van der Waals surface area contributed by atoms with E-state index in [2.05, 4.69) is 21.9 Å². The Balaban J connectivity index is 1.49. The molecule has 1 aromatic heterocycles. The SMILES string of the molecule is CN1CCC(N2C(=O)c3cc4nc(-c5ccccc5OCCO)[nH]c4cc3C2=O)CC1. The third-order valence-corrected chi connectivity index (χ3v) is 6.06. The van der Waals surface area contributed by atoms with E-state index in [1.807, 2.05) is 24.3 Å². The summed E-state index contributed by atoms with van der Waals surface area (Å²) in [5.74, 6) is 0.731. The van der Waals surface area contributed by atoms with Crippen LogP contribution in [0.4, 0.5) is 0 Å². The van der Waals surface area contributed by atoms with E-state index in [4.69, 9.17) is 9.84 Å². The normalized spacial score (nSPS) is 17.5. The van der Waals surface area contributed by atoms with Crippen LogP contribution >= 0.6 is 0 Å². The maximum absolute atomic E-state index is 13.1. The van der Waals surface area contributed by atoms with E-state index in [1.54, 1.807) is 12.1 Å². The number of aromatic amines is 1. The van der Waals surface area contributed by atoms with Crippen LogP contribution in [0.2, 0.25) is 0 Å². The molecule has 0 radical (unpaired) electrons. The fourth-order valence-electron chi connectivity index (χ4n) is 4.42. The molecule has 0 aliphatic carbocycles. The molecule has 1 fully saturated rings. The zero-order valence-corrected chi connectivity index (χ0v) is 17.3. The van der Waals surface area contributed by atoms with E-state index in [-0.39, 0.29) is 31.1 Å². The molecule has 0 saturated carbocycles. The summed E-state index contributed by atoms with van der Waals surface area (Å²) in [5.41, 5.74) is 2.91. The van der Waals surface area contributed by atoms with Gasteiger partial charge in [0.25, 0.3) is 11.8 Å². The summed E-state index contributed by atoms with van der Waals surface area (Å²) in [6.07, 6.45) is 1.60. The molecule has 0 spiro atoms. The predicted octanol–water partition coefficient (Wildman–Crippen LogP) is 2.29. The van der Waals surface area contributed by atoms with Crippen LogP contribution in [0.25, 0.3) is 22.4 Å². The lowest BCUT2D eigenvalue weighted by Crippen LogP contribution is -2.46. The summed E-state index contributed by atoms with van der Waals surface area (Å²) in [5, 5.41) is 9.06. The number of rotatable bonds is 5. The number of hydrogen-bond acceptors (Lipinski definition) is 6. The van der Waals surface area contributed by atoms with Gasteiger partial charge in [0, 0.05) is 6.04 Å². The number of likely N-dealkylation sites (tertiary alicyclic amines) is 1. The summed E-state index contributed by atoms with van der Waals surface area (Å²) >= 11 is 0. The van der Waals surface area contributed by atoms with Crippen molar-refractivity contribution < 1.29 is 19.4 Å². The highest BCUT2D eigenvalue weighted by molar-refractivity contribution is 6.23. The third kappa shape index (κ3) is 3.37. The molecule has 8 nitrogen and oxygen atoms in total. The van der Waals surface area contributed by atoms with Crippen LogP contribution in [0.3, 0.4) is 0 Å². The number of fused-ring (bicyclic) bond motifs is 2. The van der Waals surface area contributed by atoms with Gasteiger partial charge >= 0.3 is 0 Å². The fraction of sp³-hybridized carbons (Fsp3) is 0.348. The summed E-state index contributed by atoms with van der Waals surface area (Å²) in [4.78, 5) is 37.7. The van der Waals surface area contributed by atoms with E-state index >= 15 is 0 Å². The number of carbonyl (C=O) groups is 2. The van der Waals surface area contributed by atoms with Crippen LogP contribution in [0.5, 0.6) is 5.75 Å². The molecule has 2 aliphatic rings. The lowest BCUT2D eigenvalue weighted by atomic mass is 10.0. The maximum Gasteiger partial charge on any atom is 0.261 e. The number of imide groups is 1. The second-order valence-electron chi connectivity index (χ2n) is 8.08. The van der Waals surface area contributed by atoms with Gasteiger partial charge in [-0.1, -0.05) is 12.1 Å². The van der Waals surface area contributed by atoms with Crippen LogP contribution in [-0.2, 0) is 0 Å². The van der Waals surface area contributed by atoms with Crippen LogP contribution < -0.4 is 4.74 Å². The molecule has 2 aromatic carbocycles. The zero-order valence-electron chi connectivity index (χ0n) is 17.3. The number of aliphatic hydroxyl groups excluding tert-OH is 1. The fourth-order valence-corrected chi connectivity index (χ4v) is 4.42. The summed E-state index contributed by atoms with van der Waals surface area (Å²) in [6.45, 7) is 1.85. The standard InChI is InChI=1S/C23H24N4O4/c1-26-8-6-14(7-9-26)27-22(29)16-12-18-19(13-17(16)23(27)30)25-21(24-18)15-4-2-3-5-20(15)31-11-10-28/h2-5,12-14,28H,6-11H2,1H3,(H,24,25). The Morgan fingerprint density at radius 3 is 2.55 bits per heavy atom. The van der Waals surface area contributed by atoms with Crippen molar-refractivity contribution in [3.63, 3.8) is 0 Å². The lowest BCUT2D eigenvalue weighted by Gasteiger charge is -2.33. The zero-order chi connectivity index (χ0) is 21.5. The van der Waals surface area contributed by atoms with Gasteiger partial charge in [0.2, 0.25) is 0 Å². The van der Waals surface area contributed by atoms with E-state index in [0.717, 1.165) is 31.5 Å². The van der Waals surface area contributed by atoms with Crippen molar-refractivity contribution in [2.24, 2.45) is 0 Å². The molecule has 2 amide bonds. The Kier molecular flexibility index (Phi) is 4.95. The van der Waals surface area contributed by atoms with Crippen molar-refractivity contribution in [2.45, 2.75) is 18.9 Å². The molecule has 3 heterocycles. The van der Waals surface area contributed by atoms with Crippen LogP contribution in [0.15, 0.2) is 36.4 Å². The molecular formula is C23H24N4O4. The minimum absolute atomic E-state index is 0.0546. The average Bonchev–Trinajstić information content (AvgIpc) is 3.30. The first-order valence-corrected chi connectivity index (χ1v) is 10.5. The van der Waals surface area contributed by atoms with Gasteiger partial charge in [-0.3, -0.25) is 14.5 Å². The number of H-pyrrole nitrogens is 1. The minimum Gasteiger partial charge on any atom is -0.490 e. The Morgan fingerprint density at radius 1 is 1.10 bits per heavy atom. The van der Waals surface area contributed by atoms with Gasteiger partial charge < -0.3 is 19.7 Å². The van der Waals surface area contributed by atoms with E-state index < -0.39 is 0 Å². The number of aromatic nitrogens is 2. The molecular weight excluding hydrogens is 396 g/mol. The lowest BCUT2D eigenvalue weighted by molar-refractivity contribution is 0.0516. The number of imidazole rings is 1. The first-order chi connectivity index (χ1) is 15.1. The number of nitrogens with zero attached hydrogens (tertiary/aromatic N) is 3. The predicted molar refractivity (Wildman–Crippen MR) is 115 cm³/mol. The largest absolute Gasteiger partial charge is 0.490 e. The molecule has 31 heavy (non-hydrogen) atoms. The smallest absolute Gasteiger partial charge is 0.261 e. The summed E-state index contributed by atoms with van der Waals surface area (Å²) in [7, 11) is 2.05. The van der Waals surface area contributed by atoms with E-state index in [9.17, 15) is 9.59 Å². The molecule has 2 aliphatic heterocycles. The second-order valence-corrected chi connectivity index (χ2v) is 8.08. The number of ether oxygens (including phenoxy) is 1. The van der Waals surface area contributed by atoms with Crippen LogP contribution in [0.1, 0.15) is 33.6 Å². The summed E-state index contributed by atoms with van der Waals surface area (Å²) < 4.78 is 5.61. The third-order valence-electron chi connectivity index (χ3n) is 6.06. The Morgan fingerprint density at radius 2 is 1.81 bits per heavy atom. The number of para-hydroxylation sites is 1. The van der Waals surface area contributed by atoms with Crippen LogP contribution in [0, 0.1) is 0 Å². The van der Waals surface area contributed by atoms with Crippen LogP contribution in [-0.4, -0.2) is 76.1 Å². The van der Waals surface area contributed by atoms with Gasteiger partial charge in [0.05, 0.1) is 34.3 Å². The topological polar surface area (TPSA) is 98.8 Å². The van der Waals surface area contributed by atoms with Crippen molar-refractivity contribution in [1.29, 1.82) is 0 Å². The highest BCUT2D eigenvalue weighted by Gasteiger charge is 2.41. The number of nitrogens with one attached hydrogen (secondary N) is 1. The molecule has 1 saturated heterocycles. The first-order valence-electron chi connectivity index (χ1n) is 10.5. The van der Waals surface area contributed by atoms with E-state index in [0.29, 0.717) is 33.7 Å². The van der Waals surface area contributed by atoms with Crippen molar-refractivity contribution in [3.05, 3.63) is 47.5 Å². The second kappa shape index (κ2) is 7.79. The number of hydrogen-bond donors (Lipinski definition) is 2. The maximum atomic E-state index is 13.1. The van der Waals surface area contributed by atoms with Gasteiger partial charge in [-0.2, -0.15) is 0 Å².